The number of carbonyl (C=O) groups is 1. The van der Waals surface area contributed by atoms with Gasteiger partial charge in [0.1, 0.15) is 18.0 Å². The number of carbonyl (C=O) groups excluding carboxylic acids is 1. The third-order valence-corrected chi connectivity index (χ3v) is 4.83. The van der Waals surface area contributed by atoms with Gasteiger partial charge >= 0.3 is 6.09 Å². The molecule has 1 amide bonds. The third kappa shape index (κ3) is 5.47. The Morgan fingerprint density at radius 3 is 2.74 bits per heavy atom. The maximum Gasteiger partial charge on any atom is 0.409 e. The normalized spacial score (nSPS) is 14.7. The van der Waals surface area contributed by atoms with Crippen LogP contribution in [-0.2, 0) is 11.3 Å². The highest BCUT2D eigenvalue weighted by Crippen LogP contribution is 2.19. The average Bonchev–Trinajstić information content (AvgIpc) is 2.68. The SMILES string of the molecule is CCOC(=O)N1CCC(Nc2cc(NCc3ccccc3Cl)ncn2)CC1. The van der Waals surface area contributed by atoms with Crippen LogP contribution in [0.1, 0.15) is 25.3 Å². The molecule has 27 heavy (non-hydrogen) atoms. The minimum Gasteiger partial charge on any atom is -0.450 e. The molecular formula is C19H24ClN5O2. The number of benzene rings is 1. The first-order chi connectivity index (χ1) is 13.2. The number of rotatable bonds is 6. The van der Waals surface area contributed by atoms with Crippen molar-refractivity contribution >= 4 is 29.3 Å². The number of piperidine rings is 1. The third-order valence-electron chi connectivity index (χ3n) is 4.46. The molecule has 1 aromatic carbocycles. The predicted octanol–water partition coefficient (Wildman–Crippen LogP) is 3.77. The molecule has 2 aromatic rings. The maximum atomic E-state index is 11.8. The van der Waals surface area contributed by atoms with Gasteiger partial charge in [0.15, 0.2) is 0 Å². The Kier molecular flexibility index (Phi) is 6.70. The summed E-state index contributed by atoms with van der Waals surface area (Å²) in [5.74, 6) is 1.50. The molecule has 0 atom stereocenters. The van der Waals surface area contributed by atoms with Crippen LogP contribution in [0.3, 0.4) is 0 Å². The van der Waals surface area contributed by atoms with Gasteiger partial charge in [-0.1, -0.05) is 29.8 Å². The number of anilines is 2. The van der Waals surface area contributed by atoms with Crippen molar-refractivity contribution in [3.63, 3.8) is 0 Å². The molecule has 2 N–H and O–H groups in total. The molecule has 1 aliphatic heterocycles. The molecular weight excluding hydrogens is 366 g/mol. The van der Waals surface area contributed by atoms with E-state index in [-0.39, 0.29) is 12.1 Å². The Morgan fingerprint density at radius 1 is 1.26 bits per heavy atom. The molecule has 0 bridgehead atoms. The molecule has 1 aromatic heterocycles. The van der Waals surface area contributed by atoms with Crippen molar-refractivity contribution in [3.05, 3.63) is 47.2 Å². The minimum atomic E-state index is -0.232. The number of hydrogen-bond acceptors (Lipinski definition) is 6. The number of aromatic nitrogens is 2. The van der Waals surface area contributed by atoms with E-state index in [1.165, 1.54) is 6.33 Å². The molecule has 0 aliphatic carbocycles. The second kappa shape index (κ2) is 9.41. The van der Waals surface area contributed by atoms with E-state index in [1.807, 2.05) is 37.3 Å². The summed E-state index contributed by atoms with van der Waals surface area (Å²) in [5.41, 5.74) is 1.01. The Balaban J connectivity index is 1.51. The van der Waals surface area contributed by atoms with Crippen molar-refractivity contribution in [1.82, 2.24) is 14.9 Å². The van der Waals surface area contributed by atoms with Gasteiger partial charge in [0.05, 0.1) is 6.61 Å². The summed E-state index contributed by atoms with van der Waals surface area (Å²) in [7, 11) is 0. The quantitative estimate of drug-likeness (QED) is 0.782. The maximum absolute atomic E-state index is 11.8. The van der Waals surface area contributed by atoms with Crippen molar-refractivity contribution in [1.29, 1.82) is 0 Å². The van der Waals surface area contributed by atoms with Crippen LogP contribution in [0, 0.1) is 0 Å². The first-order valence-electron chi connectivity index (χ1n) is 9.13. The molecule has 2 heterocycles. The van der Waals surface area contributed by atoms with Crippen LogP contribution in [0.5, 0.6) is 0 Å². The van der Waals surface area contributed by atoms with E-state index in [0.717, 1.165) is 35.1 Å². The largest absolute Gasteiger partial charge is 0.450 e. The summed E-state index contributed by atoms with van der Waals surface area (Å²) >= 11 is 6.18. The summed E-state index contributed by atoms with van der Waals surface area (Å²) in [4.78, 5) is 22.1. The Morgan fingerprint density at radius 2 is 2.00 bits per heavy atom. The number of nitrogens with one attached hydrogen (secondary N) is 2. The molecule has 1 aliphatic rings. The van der Waals surface area contributed by atoms with Crippen LogP contribution in [0.25, 0.3) is 0 Å². The molecule has 0 unspecified atom stereocenters. The van der Waals surface area contributed by atoms with Gasteiger partial charge in [-0.3, -0.25) is 0 Å². The average molecular weight is 390 g/mol. The number of hydrogen-bond donors (Lipinski definition) is 2. The van der Waals surface area contributed by atoms with Gasteiger partial charge in [0.25, 0.3) is 0 Å². The summed E-state index contributed by atoms with van der Waals surface area (Å²) in [6.07, 6.45) is 3.01. The van der Waals surface area contributed by atoms with Gasteiger partial charge in [0, 0.05) is 36.8 Å². The molecule has 3 rings (SSSR count). The molecule has 0 radical (unpaired) electrons. The zero-order valence-electron chi connectivity index (χ0n) is 15.3. The van der Waals surface area contributed by atoms with E-state index in [1.54, 1.807) is 4.90 Å². The smallest absolute Gasteiger partial charge is 0.409 e. The van der Waals surface area contributed by atoms with Gasteiger partial charge in [-0.05, 0) is 31.4 Å². The zero-order chi connectivity index (χ0) is 19.1. The van der Waals surface area contributed by atoms with Crippen molar-refractivity contribution in [3.8, 4) is 0 Å². The predicted molar refractivity (Wildman–Crippen MR) is 106 cm³/mol. The van der Waals surface area contributed by atoms with Crippen molar-refractivity contribution in [2.75, 3.05) is 30.3 Å². The monoisotopic (exact) mass is 389 g/mol. The minimum absolute atomic E-state index is 0.232. The number of halogens is 1. The zero-order valence-corrected chi connectivity index (χ0v) is 16.1. The van der Waals surface area contributed by atoms with Crippen molar-refractivity contribution in [2.24, 2.45) is 0 Å². The molecule has 0 spiro atoms. The topological polar surface area (TPSA) is 79.4 Å². The standard InChI is InChI=1S/C19H24ClN5O2/c1-2-27-19(26)25-9-7-15(8-10-25)24-18-11-17(22-13-23-18)21-12-14-5-3-4-6-16(14)20/h3-6,11,13,15H,2,7-10,12H2,1H3,(H2,21,22,23,24). The lowest BCUT2D eigenvalue weighted by Gasteiger charge is -2.31. The fourth-order valence-corrected chi connectivity index (χ4v) is 3.19. The van der Waals surface area contributed by atoms with Crippen molar-refractivity contribution in [2.45, 2.75) is 32.4 Å². The molecule has 0 saturated carbocycles. The van der Waals surface area contributed by atoms with Crippen LogP contribution >= 0.6 is 11.6 Å². The van der Waals surface area contributed by atoms with Gasteiger partial charge in [-0.25, -0.2) is 14.8 Å². The first kappa shape index (κ1) is 19.2. The van der Waals surface area contributed by atoms with Gasteiger partial charge in [-0.2, -0.15) is 0 Å². The van der Waals surface area contributed by atoms with Crippen LogP contribution in [-0.4, -0.2) is 46.7 Å². The molecule has 7 nitrogen and oxygen atoms in total. The number of nitrogens with zero attached hydrogens (tertiary/aromatic N) is 3. The summed E-state index contributed by atoms with van der Waals surface area (Å²) in [6, 6.07) is 9.86. The van der Waals surface area contributed by atoms with Crippen LogP contribution in [0.2, 0.25) is 5.02 Å². The molecule has 1 fully saturated rings. The van der Waals surface area contributed by atoms with E-state index in [2.05, 4.69) is 20.6 Å². The summed E-state index contributed by atoms with van der Waals surface area (Å²) in [5, 5.41) is 7.42. The van der Waals surface area contributed by atoms with Gasteiger partial charge in [-0.15, -0.1) is 0 Å². The van der Waals surface area contributed by atoms with Gasteiger partial charge < -0.3 is 20.3 Å². The Bertz CT molecular complexity index is 765. The van der Waals surface area contributed by atoms with Crippen LogP contribution in [0.15, 0.2) is 36.7 Å². The highest BCUT2D eigenvalue weighted by Gasteiger charge is 2.23. The van der Waals surface area contributed by atoms with Gasteiger partial charge in [0.2, 0.25) is 0 Å². The lowest BCUT2D eigenvalue weighted by atomic mass is 10.1. The van der Waals surface area contributed by atoms with E-state index in [9.17, 15) is 4.79 Å². The Labute approximate surface area is 164 Å². The molecule has 144 valence electrons. The van der Waals surface area contributed by atoms with E-state index in [0.29, 0.717) is 26.2 Å². The lowest BCUT2D eigenvalue weighted by Crippen LogP contribution is -2.42. The summed E-state index contributed by atoms with van der Waals surface area (Å²) < 4.78 is 5.05. The molecule has 8 heteroatoms. The Hall–Kier alpha value is -2.54. The fourth-order valence-electron chi connectivity index (χ4n) is 2.99. The summed E-state index contributed by atoms with van der Waals surface area (Å²) in [6.45, 7) is 4.17. The fraction of sp³-hybridized carbons (Fsp3) is 0.421. The second-order valence-electron chi connectivity index (χ2n) is 6.34. The number of likely N-dealkylation sites (tertiary alicyclic amines) is 1. The van der Waals surface area contributed by atoms with Crippen LogP contribution in [0.4, 0.5) is 16.4 Å². The number of amides is 1. The highest BCUT2D eigenvalue weighted by molar-refractivity contribution is 6.31. The second-order valence-corrected chi connectivity index (χ2v) is 6.75. The number of ether oxygens (including phenoxy) is 1. The molecule has 1 saturated heterocycles. The van der Waals surface area contributed by atoms with Crippen molar-refractivity contribution < 1.29 is 9.53 Å². The van der Waals surface area contributed by atoms with E-state index >= 15 is 0 Å². The van der Waals surface area contributed by atoms with E-state index < -0.39 is 0 Å². The van der Waals surface area contributed by atoms with E-state index in [4.69, 9.17) is 16.3 Å². The van der Waals surface area contributed by atoms with Crippen LogP contribution < -0.4 is 10.6 Å². The highest BCUT2D eigenvalue weighted by atomic mass is 35.5. The first-order valence-corrected chi connectivity index (χ1v) is 9.51. The lowest BCUT2D eigenvalue weighted by molar-refractivity contribution is 0.0983.